The molecule has 2 nitrogen and oxygen atoms in total. The number of rotatable bonds is 6. The van der Waals surface area contributed by atoms with Crippen LogP contribution in [0.1, 0.15) is 11.6 Å². The monoisotopic (exact) mass is 351 g/mol. The zero-order valence-electron chi connectivity index (χ0n) is 11.6. The number of methoxy groups -OCH3 is 1. The van der Waals surface area contributed by atoms with Gasteiger partial charge >= 0.3 is 0 Å². The first-order valence-electron chi connectivity index (χ1n) is 6.42. The van der Waals surface area contributed by atoms with Gasteiger partial charge in [-0.3, -0.25) is 0 Å². The zero-order chi connectivity index (χ0) is 14.4. The number of thioether (sulfide) groups is 1. The lowest BCUT2D eigenvalue weighted by Gasteiger charge is -2.16. The van der Waals surface area contributed by atoms with Crippen LogP contribution in [0.3, 0.4) is 0 Å². The number of hydrogen-bond donors (Lipinski definition) is 1. The van der Waals surface area contributed by atoms with Gasteiger partial charge in [-0.15, -0.1) is 11.8 Å². The Bertz CT molecular complexity index is 527. The van der Waals surface area contributed by atoms with Crippen LogP contribution in [-0.4, -0.2) is 19.9 Å². The van der Waals surface area contributed by atoms with Gasteiger partial charge in [0.15, 0.2) is 0 Å². The third-order valence-electron chi connectivity index (χ3n) is 3.10. The molecule has 0 bridgehead atoms. The molecule has 0 heterocycles. The first kappa shape index (κ1) is 15.4. The molecule has 0 spiro atoms. The molecule has 0 aromatic heterocycles. The van der Waals surface area contributed by atoms with E-state index in [0.29, 0.717) is 6.04 Å². The van der Waals surface area contributed by atoms with E-state index in [1.54, 1.807) is 7.11 Å². The van der Waals surface area contributed by atoms with Crippen molar-refractivity contribution < 1.29 is 4.74 Å². The van der Waals surface area contributed by atoms with Crippen LogP contribution in [0.2, 0.25) is 0 Å². The Morgan fingerprint density at radius 2 is 1.75 bits per heavy atom. The Morgan fingerprint density at radius 3 is 2.30 bits per heavy atom. The second kappa shape index (κ2) is 7.72. The summed E-state index contributed by atoms with van der Waals surface area (Å²) < 4.78 is 6.31. The molecule has 20 heavy (non-hydrogen) atoms. The van der Waals surface area contributed by atoms with Crippen LogP contribution < -0.4 is 10.1 Å². The van der Waals surface area contributed by atoms with Gasteiger partial charge in [0.1, 0.15) is 5.75 Å². The molecule has 2 rings (SSSR count). The van der Waals surface area contributed by atoms with E-state index in [4.69, 9.17) is 4.74 Å². The molecule has 0 aliphatic carbocycles. The van der Waals surface area contributed by atoms with Crippen LogP contribution in [0.5, 0.6) is 5.75 Å². The molecule has 1 atom stereocenters. The van der Waals surface area contributed by atoms with E-state index in [2.05, 4.69) is 57.6 Å². The summed E-state index contributed by atoms with van der Waals surface area (Å²) in [7, 11) is 3.69. The Balaban J connectivity index is 1.99. The molecule has 0 amide bonds. The predicted octanol–water partition coefficient (Wildman–Crippen LogP) is 4.51. The van der Waals surface area contributed by atoms with E-state index in [1.807, 2.05) is 30.9 Å². The maximum atomic E-state index is 5.19. The molecule has 0 aliphatic heterocycles. The Labute approximate surface area is 133 Å². The van der Waals surface area contributed by atoms with Gasteiger partial charge in [0.2, 0.25) is 0 Å². The lowest BCUT2D eigenvalue weighted by atomic mass is 10.1. The maximum Gasteiger partial charge on any atom is 0.118 e. The average molecular weight is 352 g/mol. The fraction of sp³-hybridized carbons (Fsp3) is 0.250. The van der Waals surface area contributed by atoms with Crippen molar-refractivity contribution in [3.63, 3.8) is 0 Å². The second-order valence-electron chi connectivity index (χ2n) is 4.38. The summed E-state index contributed by atoms with van der Waals surface area (Å²) >= 11 is 5.31. The highest BCUT2D eigenvalue weighted by molar-refractivity contribution is 9.10. The van der Waals surface area contributed by atoms with Crippen molar-refractivity contribution in [2.24, 2.45) is 0 Å². The Kier molecular flexibility index (Phi) is 5.95. The molecular formula is C16H18BrNOS. The van der Waals surface area contributed by atoms with Gasteiger partial charge in [-0.1, -0.05) is 28.1 Å². The Hall–Kier alpha value is -0.970. The van der Waals surface area contributed by atoms with Gasteiger partial charge in [0.25, 0.3) is 0 Å². The molecule has 1 N–H and O–H groups in total. The van der Waals surface area contributed by atoms with Crippen LogP contribution in [0, 0.1) is 0 Å². The van der Waals surface area contributed by atoms with Crippen LogP contribution in [-0.2, 0) is 0 Å². The van der Waals surface area contributed by atoms with Crippen molar-refractivity contribution in [1.82, 2.24) is 5.32 Å². The smallest absolute Gasteiger partial charge is 0.118 e. The first-order chi connectivity index (χ1) is 9.72. The lowest BCUT2D eigenvalue weighted by molar-refractivity contribution is 0.414. The molecule has 4 heteroatoms. The molecule has 2 aromatic rings. The topological polar surface area (TPSA) is 21.3 Å². The highest BCUT2D eigenvalue weighted by Crippen LogP contribution is 2.26. The van der Waals surface area contributed by atoms with Crippen LogP contribution in [0.25, 0.3) is 0 Å². The summed E-state index contributed by atoms with van der Waals surface area (Å²) in [5.41, 5.74) is 1.28. The first-order valence-corrected chi connectivity index (χ1v) is 8.20. The number of halogens is 1. The van der Waals surface area contributed by atoms with Crippen molar-refractivity contribution in [1.29, 1.82) is 0 Å². The van der Waals surface area contributed by atoms with Crippen molar-refractivity contribution in [2.45, 2.75) is 10.9 Å². The molecule has 0 saturated heterocycles. The second-order valence-corrected chi connectivity index (χ2v) is 6.39. The Morgan fingerprint density at radius 1 is 1.10 bits per heavy atom. The predicted molar refractivity (Wildman–Crippen MR) is 89.7 cm³/mol. The number of ether oxygens (including phenoxy) is 1. The average Bonchev–Trinajstić information content (AvgIpc) is 2.50. The highest BCUT2D eigenvalue weighted by Gasteiger charge is 2.09. The maximum absolute atomic E-state index is 5.19. The minimum Gasteiger partial charge on any atom is -0.497 e. The molecule has 0 aliphatic rings. The molecule has 2 aromatic carbocycles. The summed E-state index contributed by atoms with van der Waals surface area (Å²) in [6.07, 6.45) is 0. The van der Waals surface area contributed by atoms with Crippen LogP contribution in [0.15, 0.2) is 57.9 Å². The zero-order valence-corrected chi connectivity index (χ0v) is 14.0. The fourth-order valence-electron chi connectivity index (χ4n) is 1.89. The standard InChI is InChI=1S/C16H18BrNOS/c1-18-16(12-3-7-14(19-2)8-4-12)11-20-15-9-5-13(17)6-10-15/h3-10,16,18H,11H2,1-2H3. The molecule has 0 fully saturated rings. The molecule has 1 unspecified atom stereocenters. The van der Waals surface area contributed by atoms with Gasteiger partial charge in [-0.2, -0.15) is 0 Å². The van der Waals surface area contributed by atoms with E-state index in [0.717, 1.165) is 16.0 Å². The third-order valence-corrected chi connectivity index (χ3v) is 4.73. The van der Waals surface area contributed by atoms with Gasteiger partial charge in [0.05, 0.1) is 7.11 Å². The van der Waals surface area contributed by atoms with E-state index >= 15 is 0 Å². The van der Waals surface area contributed by atoms with Crippen molar-refractivity contribution in [3.05, 3.63) is 58.6 Å². The number of benzene rings is 2. The minimum atomic E-state index is 0.328. The minimum absolute atomic E-state index is 0.328. The van der Waals surface area contributed by atoms with Crippen molar-refractivity contribution in [3.8, 4) is 5.75 Å². The van der Waals surface area contributed by atoms with Gasteiger partial charge in [-0.25, -0.2) is 0 Å². The summed E-state index contributed by atoms with van der Waals surface area (Å²) in [6, 6.07) is 17.0. The SMILES string of the molecule is CNC(CSc1ccc(Br)cc1)c1ccc(OC)cc1. The van der Waals surface area contributed by atoms with E-state index in [9.17, 15) is 0 Å². The molecule has 106 valence electrons. The molecule has 0 radical (unpaired) electrons. The van der Waals surface area contributed by atoms with E-state index < -0.39 is 0 Å². The van der Waals surface area contributed by atoms with Gasteiger partial charge < -0.3 is 10.1 Å². The van der Waals surface area contributed by atoms with E-state index in [1.165, 1.54) is 10.5 Å². The quantitative estimate of drug-likeness (QED) is 0.773. The highest BCUT2D eigenvalue weighted by atomic mass is 79.9. The molecule has 0 saturated carbocycles. The summed E-state index contributed by atoms with van der Waals surface area (Å²) in [5, 5.41) is 3.37. The number of hydrogen-bond acceptors (Lipinski definition) is 3. The number of nitrogens with one attached hydrogen (secondary N) is 1. The fourth-order valence-corrected chi connectivity index (χ4v) is 3.20. The third kappa shape index (κ3) is 4.27. The lowest BCUT2D eigenvalue weighted by Crippen LogP contribution is -2.18. The van der Waals surface area contributed by atoms with E-state index in [-0.39, 0.29) is 0 Å². The summed E-state index contributed by atoms with van der Waals surface area (Å²) in [5.74, 6) is 1.88. The summed E-state index contributed by atoms with van der Waals surface area (Å²) in [4.78, 5) is 1.28. The van der Waals surface area contributed by atoms with Crippen molar-refractivity contribution >= 4 is 27.7 Å². The van der Waals surface area contributed by atoms with Crippen molar-refractivity contribution in [2.75, 3.05) is 19.9 Å². The van der Waals surface area contributed by atoms with Gasteiger partial charge in [-0.05, 0) is 49.0 Å². The van der Waals surface area contributed by atoms with Crippen LogP contribution in [0.4, 0.5) is 0 Å². The van der Waals surface area contributed by atoms with Crippen LogP contribution >= 0.6 is 27.7 Å². The largest absolute Gasteiger partial charge is 0.497 e. The molecular weight excluding hydrogens is 334 g/mol. The normalized spacial score (nSPS) is 12.2. The summed E-state index contributed by atoms with van der Waals surface area (Å²) in [6.45, 7) is 0. The van der Waals surface area contributed by atoms with Gasteiger partial charge in [0, 0.05) is 21.2 Å².